The lowest BCUT2D eigenvalue weighted by Gasteiger charge is -2.13. The number of carbonyl (C=O) groups is 2. The number of nitrogen functional groups attached to an aromatic ring is 1. The third-order valence-corrected chi connectivity index (χ3v) is 2.20. The summed E-state index contributed by atoms with van der Waals surface area (Å²) in [4.78, 5) is 27.6. The van der Waals surface area contributed by atoms with Crippen molar-refractivity contribution in [2.24, 2.45) is 0 Å². The summed E-state index contributed by atoms with van der Waals surface area (Å²) in [5.41, 5.74) is 6.53. The first-order valence-electron chi connectivity index (χ1n) is 4.99. The summed E-state index contributed by atoms with van der Waals surface area (Å²) in [5.74, 6) is -0.667. The lowest BCUT2D eigenvalue weighted by molar-refractivity contribution is -0.167. The number of likely N-dealkylation sites (N-methyl/N-ethyl adjacent to an activating group) is 1. The topological polar surface area (TPSA) is 84.7 Å². The molecule has 0 aliphatic carbocycles. The number of benzene rings is 1. The molecule has 0 spiro atoms. The van der Waals surface area contributed by atoms with Gasteiger partial charge in [0.25, 0.3) is 11.8 Å². The van der Waals surface area contributed by atoms with Crippen molar-refractivity contribution < 1.29 is 14.4 Å². The molecule has 17 heavy (non-hydrogen) atoms. The van der Waals surface area contributed by atoms with Crippen molar-refractivity contribution in [3.8, 4) is 0 Å². The van der Waals surface area contributed by atoms with E-state index >= 15 is 0 Å². The minimum Gasteiger partial charge on any atom is -0.399 e. The fraction of sp³-hybridized carbons (Fsp3) is 0.273. The highest BCUT2D eigenvalue weighted by molar-refractivity contribution is 5.96. The van der Waals surface area contributed by atoms with E-state index in [2.05, 4.69) is 10.2 Å². The minimum atomic E-state index is -0.337. The molecule has 3 N–H and O–H groups in total. The van der Waals surface area contributed by atoms with Gasteiger partial charge in [-0.25, -0.2) is 5.06 Å². The largest absolute Gasteiger partial charge is 0.399 e. The molecule has 0 aliphatic heterocycles. The van der Waals surface area contributed by atoms with E-state index in [9.17, 15) is 9.59 Å². The van der Waals surface area contributed by atoms with E-state index in [0.717, 1.165) is 5.06 Å². The molecule has 0 aliphatic rings. The standard InChI is InChI=1S/C11H15N3O3/c1-14(17-2)10(15)7-13-11(16)8-3-5-9(12)6-4-8/h3-6H,7,12H2,1-2H3,(H,13,16). The first-order chi connectivity index (χ1) is 8.04. The number of hydrogen-bond acceptors (Lipinski definition) is 4. The zero-order valence-corrected chi connectivity index (χ0v) is 9.77. The monoisotopic (exact) mass is 237 g/mol. The highest BCUT2D eigenvalue weighted by atomic mass is 16.7. The van der Waals surface area contributed by atoms with E-state index in [-0.39, 0.29) is 18.4 Å². The molecule has 1 rings (SSSR count). The Balaban J connectivity index is 2.50. The number of nitrogens with one attached hydrogen (secondary N) is 1. The van der Waals surface area contributed by atoms with Gasteiger partial charge in [0, 0.05) is 18.3 Å². The summed E-state index contributed by atoms with van der Waals surface area (Å²) in [6.45, 7) is -0.118. The number of nitrogens with two attached hydrogens (primary N) is 1. The molecule has 1 aromatic carbocycles. The molecular weight excluding hydrogens is 222 g/mol. The summed E-state index contributed by atoms with van der Waals surface area (Å²) in [6, 6.07) is 6.43. The number of nitrogens with zero attached hydrogens (tertiary/aromatic N) is 1. The molecule has 0 bridgehead atoms. The van der Waals surface area contributed by atoms with Gasteiger partial charge in [0.15, 0.2) is 0 Å². The zero-order valence-electron chi connectivity index (χ0n) is 9.77. The Bertz CT molecular complexity index is 403. The number of amides is 2. The van der Waals surface area contributed by atoms with E-state index in [1.807, 2.05) is 0 Å². The predicted molar refractivity (Wildman–Crippen MR) is 63.0 cm³/mol. The Hall–Kier alpha value is -2.08. The molecular formula is C11H15N3O3. The zero-order chi connectivity index (χ0) is 12.8. The Morgan fingerprint density at radius 1 is 1.35 bits per heavy atom. The molecule has 2 amide bonds. The molecule has 0 unspecified atom stereocenters. The fourth-order valence-electron chi connectivity index (χ4n) is 1.11. The number of rotatable bonds is 4. The molecule has 6 nitrogen and oxygen atoms in total. The number of hydroxylamine groups is 2. The summed E-state index contributed by atoms with van der Waals surface area (Å²) >= 11 is 0. The van der Waals surface area contributed by atoms with Crippen LogP contribution >= 0.6 is 0 Å². The fourth-order valence-corrected chi connectivity index (χ4v) is 1.11. The maximum atomic E-state index is 11.6. The maximum Gasteiger partial charge on any atom is 0.265 e. The van der Waals surface area contributed by atoms with Gasteiger partial charge in [0.2, 0.25) is 0 Å². The molecule has 0 aromatic heterocycles. The quantitative estimate of drug-likeness (QED) is 0.571. The average Bonchev–Trinajstić information content (AvgIpc) is 2.35. The summed E-state index contributed by atoms with van der Waals surface area (Å²) in [7, 11) is 2.84. The SMILES string of the molecule is CON(C)C(=O)CNC(=O)c1ccc(N)cc1. The first-order valence-corrected chi connectivity index (χ1v) is 4.99. The van der Waals surface area contributed by atoms with Crippen LogP contribution in [0.5, 0.6) is 0 Å². The number of hydrogen-bond donors (Lipinski definition) is 2. The van der Waals surface area contributed by atoms with Crippen LogP contribution in [0, 0.1) is 0 Å². The third kappa shape index (κ3) is 3.76. The Morgan fingerprint density at radius 2 is 1.94 bits per heavy atom. The van der Waals surface area contributed by atoms with E-state index in [1.165, 1.54) is 14.2 Å². The van der Waals surface area contributed by atoms with Gasteiger partial charge >= 0.3 is 0 Å². The lowest BCUT2D eigenvalue weighted by atomic mass is 10.2. The second-order valence-corrected chi connectivity index (χ2v) is 3.38. The van der Waals surface area contributed by atoms with Crippen molar-refractivity contribution in [2.75, 3.05) is 26.4 Å². The smallest absolute Gasteiger partial charge is 0.265 e. The van der Waals surface area contributed by atoms with Crippen molar-refractivity contribution in [1.29, 1.82) is 0 Å². The Kier molecular flexibility index (Phi) is 4.47. The molecule has 0 fully saturated rings. The average molecular weight is 237 g/mol. The molecule has 6 heteroatoms. The number of anilines is 1. The van der Waals surface area contributed by atoms with Crippen molar-refractivity contribution in [1.82, 2.24) is 10.4 Å². The van der Waals surface area contributed by atoms with E-state index in [4.69, 9.17) is 5.73 Å². The molecule has 0 radical (unpaired) electrons. The van der Waals surface area contributed by atoms with Gasteiger partial charge in [-0.3, -0.25) is 14.4 Å². The van der Waals surface area contributed by atoms with Gasteiger partial charge in [-0.05, 0) is 24.3 Å². The molecule has 0 saturated carbocycles. The van der Waals surface area contributed by atoms with E-state index in [1.54, 1.807) is 24.3 Å². The number of carbonyl (C=O) groups excluding carboxylic acids is 2. The van der Waals surface area contributed by atoms with E-state index < -0.39 is 0 Å². The van der Waals surface area contributed by atoms with Crippen LogP contribution in [0.4, 0.5) is 5.69 Å². The van der Waals surface area contributed by atoms with Gasteiger partial charge < -0.3 is 11.1 Å². The van der Waals surface area contributed by atoms with Gasteiger partial charge in [-0.15, -0.1) is 0 Å². The van der Waals surface area contributed by atoms with E-state index in [0.29, 0.717) is 11.3 Å². The predicted octanol–water partition coefficient (Wildman–Crippen LogP) is 0.0184. The first kappa shape index (κ1) is 13.0. The minimum absolute atomic E-state index is 0.118. The maximum absolute atomic E-state index is 11.6. The second kappa shape index (κ2) is 5.86. The highest BCUT2D eigenvalue weighted by Gasteiger charge is 2.10. The van der Waals surface area contributed by atoms with Gasteiger partial charge in [0.05, 0.1) is 13.7 Å². The normalized spacial score (nSPS) is 9.76. The van der Waals surface area contributed by atoms with Crippen LogP contribution in [-0.4, -0.2) is 37.6 Å². The second-order valence-electron chi connectivity index (χ2n) is 3.38. The van der Waals surface area contributed by atoms with Crippen LogP contribution in [-0.2, 0) is 9.63 Å². The Morgan fingerprint density at radius 3 is 2.47 bits per heavy atom. The van der Waals surface area contributed by atoms with Crippen molar-refractivity contribution in [3.63, 3.8) is 0 Å². The Labute approximate surface area is 99.3 Å². The van der Waals surface area contributed by atoms with Crippen LogP contribution in [0.15, 0.2) is 24.3 Å². The van der Waals surface area contributed by atoms with Crippen LogP contribution in [0.25, 0.3) is 0 Å². The van der Waals surface area contributed by atoms with Gasteiger partial charge in [-0.1, -0.05) is 0 Å². The molecule has 0 atom stereocenters. The molecule has 0 saturated heterocycles. The van der Waals surface area contributed by atoms with Crippen LogP contribution in [0.2, 0.25) is 0 Å². The summed E-state index contributed by atoms with van der Waals surface area (Å²) in [6.07, 6.45) is 0. The molecule has 1 aromatic rings. The summed E-state index contributed by atoms with van der Waals surface area (Å²) in [5, 5.41) is 3.53. The molecule has 92 valence electrons. The van der Waals surface area contributed by atoms with Crippen LogP contribution in [0.3, 0.4) is 0 Å². The van der Waals surface area contributed by atoms with Crippen LogP contribution in [0.1, 0.15) is 10.4 Å². The molecule has 0 heterocycles. The van der Waals surface area contributed by atoms with Crippen LogP contribution < -0.4 is 11.1 Å². The van der Waals surface area contributed by atoms with Gasteiger partial charge in [0.1, 0.15) is 0 Å². The lowest BCUT2D eigenvalue weighted by Crippen LogP contribution is -2.37. The van der Waals surface area contributed by atoms with Crippen molar-refractivity contribution in [3.05, 3.63) is 29.8 Å². The van der Waals surface area contributed by atoms with Crippen molar-refractivity contribution >= 4 is 17.5 Å². The van der Waals surface area contributed by atoms with Gasteiger partial charge in [-0.2, -0.15) is 0 Å². The third-order valence-electron chi connectivity index (χ3n) is 2.20. The van der Waals surface area contributed by atoms with Crippen molar-refractivity contribution in [2.45, 2.75) is 0 Å². The summed E-state index contributed by atoms with van der Waals surface area (Å²) < 4.78 is 0. The highest BCUT2D eigenvalue weighted by Crippen LogP contribution is 2.04.